The van der Waals surface area contributed by atoms with Gasteiger partial charge in [-0.05, 0) is 45.4 Å². The summed E-state index contributed by atoms with van der Waals surface area (Å²) in [4.78, 5) is 9.56. The fraction of sp³-hybridized carbons (Fsp3) is 0.429. The first kappa shape index (κ1) is 26.2. The van der Waals surface area contributed by atoms with E-state index >= 15 is 0 Å². The molecule has 33 heavy (non-hydrogen) atoms. The van der Waals surface area contributed by atoms with Gasteiger partial charge in [0.1, 0.15) is 0 Å². The molecule has 0 spiro atoms. The molecule has 0 radical (unpaired) electrons. The van der Waals surface area contributed by atoms with Gasteiger partial charge >= 0.3 is 0 Å². The van der Waals surface area contributed by atoms with Gasteiger partial charge in [-0.2, -0.15) is 0 Å². The third kappa shape index (κ3) is 6.59. The number of pyridine rings is 2. The van der Waals surface area contributed by atoms with Crippen molar-refractivity contribution < 1.29 is 0 Å². The highest BCUT2D eigenvalue weighted by Crippen LogP contribution is 2.59. The van der Waals surface area contributed by atoms with Crippen LogP contribution in [0.5, 0.6) is 0 Å². The molecule has 2 aromatic heterocycles. The molecule has 2 heterocycles. The topological polar surface area (TPSA) is 25.8 Å². The molecule has 0 saturated carbocycles. The van der Waals surface area contributed by atoms with Crippen LogP contribution < -0.4 is 21.4 Å². The lowest BCUT2D eigenvalue weighted by atomic mass is 10.2. The van der Waals surface area contributed by atoms with Crippen LogP contribution in [0.15, 0.2) is 67.0 Å². The molecule has 176 valence electrons. The van der Waals surface area contributed by atoms with E-state index in [9.17, 15) is 0 Å². The van der Waals surface area contributed by atoms with Crippen LogP contribution >= 0.6 is 15.8 Å². The van der Waals surface area contributed by atoms with Crippen molar-refractivity contribution in [2.45, 2.75) is 77.7 Å². The van der Waals surface area contributed by atoms with Gasteiger partial charge in [0.2, 0.25) is 0 Å². The maximum absolute atomic E-state index is 4.78. The molecular weight excluding hydrogens is 454 g/mol. The molecule has 2 nitrogen and oxygen atoms in total. The molecule has 3 aromatic rings. The minimum absolute atomic E-state index is 0.221. The Bertz CT molecular complexity index is 996. The quantitative estimate of drug-likeness (QED) is 0.294. The number of hydrogen-bond acceptors (Lipinski definition) is 2. The smallest absolute Gasteiger partial charge is 0.0776 e. The van der Waals surface area contributed by atoms with Crippen LogP contribution in [0.2, 0.25) is 19.6 Å². The van der Waals surface area contributed by atoms with Crippen LogP contribution in [0.1, 0.15) is 47.1 Å². The fourth-order valence-electron chi connectivity index (χ4n) is 4.58. The Kier molecular flexibility index (Phi) is 7.99. The van der Waals surface area contributed by atoms with E-state index in [0.717, 1.165) is 17.0 Å². The summed E-state index contributed by atoms with van der Waals surface area (Å²) in [6.07, 6.45) is 4.82. The van der Waals surface area contributed by atoms with Gasteiger partial charge in [-0.15, -0.1) is 0 Å². The number of rotatable bonds is 6. The van der Waals surface area contributed by atoms with E-state index in [1.165, 1.54) is 5.56 Å². The van der Waals surface area contributed by atoms with Crippen molar-refractivity contribution in [1.29, 1.82) is 0 Å². The third-order valence-electron chi connectivity index (χ3n) is 5.71. The van der Waals surface area contributed by atoms with E-state index < -0.39 is 23.9 Å². The lowest BCUT2D eigenvalue weighted by Crippen LogP contribution is -2.41. The van der Waals surface area contributed by atoms with Crippen molar-refractivity contribution in [3.05, 3.63) is 72.6 Å². The lowest BCUT2D eigenvalue weighted by Gasteiger charge is -2.43. The highest BCUT2D eigenvalue weighted by molar-refractivity contribution is 7.72. The molecule has 0 unspecified atom stereocenters. The Morgan fingerprint density at radius 2 is 1.24 bits per heavy atom. The van der Waals surface area contributed by atoms with E-state index in [1.807, 2.05) is 24.5 Å². The second-order valence-electron chi connectivity index (χ2n) is 11.7. The summed E-state index contributed by atoms with van der Waals surface area (Å²) < 4.78 is 0. The van der Waals surface area contributed by atoms with Crippen LogP contribution in [0.25, 0.3) is 0 Å². The van der Waals surface area contributed by atoms with E-state index in [2.05, 4.69) is 104 Å². The van der Waals surface area contributed by atoms with Gasteiger partial charge in [-0.3, -0.25) is 9.97 Å². The Hall–Kier alpha value is -1.40. The monoisotopic (exact) mass is 494 g/mol. The number of benzene rings is 1. The summed E-state index contributed by atoms with van der Waals surface area (Å²) in [7, 11) is -2.51. The van der Waals surface area contributed by atoms with Gasteiger partial charge in [0.25, 0.3) is 0 Å². The van der Waals surface area contributed by atoms with Crippen LogP contribution in [0.4, 0.5) is 0 Å². The average Bonchev–Trinajstić information content (AvgIpc) is 2.71. The molecule has 0 aliphatic carbocycles. The van der Waals surface area contributed by atoms with Gasteiger partial charge < -0.3 is 0 Å². The van der Waals surface area contributed by atoms with Gasteiger partial charge in [-0.25, -0.2) is 0 Å². The number of aromatic nitrogens is 2. The zero-order chi connectivity index (χ0) is 24.4. The van der Waals surface area contributed by atoms with Gasteiger partial charge in [0.15, 0.2) is 0 Å². The minimum Gasteiger partial charge on any atom is -0.256 e. The molecule has 1 aromatic carbocycles. The van der Waals surface area contributed by atoms with Gasteiger partial charge in [-0.1, -0.05) is 105 Å². The predicted molar refractivity (Wildman–Crippen MR) is 154 cm³/mol. The molecule has 0 saturated heterocycles. The third-order valence-corrected chi connectivity index (χ3v) is 13.6. The summed E-state index contributed by atoms with van der Waals surface area (Å²) >= 11 is 0. The molecule has 0 aliphatic rings. The second-order valence-corrected chi connectivity index (χ2v) is 22.7. The van der Waals surface area contributed by atoms with Crippen molar-refractivity contribution in [3.63, 3.8) is 0 Å². The van der Waals surface area contributed by atoms with Crippen molar-refractivity contribution in [2.75, 3.05) is 0 Å². The van der Waals surface area contributed by atoms with Crippen LogP contribution in [-0.4, -0.2) is 28.4 Å². The first-order valence-electron chi connectivity index (χ1n) is 11.8. The Labute approximate surface area is 205 Å². The first-order valence-corrected chi connectivity index (χ1v) is 18.2. The van der Waals surface area contributed by atoms with E-state index in [0.29, 0.717) is 0 Å². The number of nitrogens with zero attached hydrogens (tertiary/aromatic N) is 2. The molecule has 0 bridgehead atoms. The summed E-state index contributed by atoms with van der Waals surface area (Å²) in [6, 6.07) is 20.0. The van der Waals surface area contributed by atoms with Crippen LogP contribution in [-0.2, 0) is 6.16 Å². The lowest BCUT2D eigenvalue weighted by molar-refractivity contribution is 0.714. The van der Waals surface area contributed by atoms with Crippen molar-refractivity contribution in [1.82, 2.24) is 9.97 Å². The highest BCUT2D eigenvalue weighted by Gasteiger charge is 2.38. The highest BCUT2D eigenvalue weighted by atomic mass is 31.1. The first-order chi connectivity index (χ1) is 15.3. The molecule has 0 amide bonds. The molecular formula is C28H40N2P2Si. The zero-order valence-electron chi connectivity index (χ0n) is 21.8. The maximum Gasteiger partial charge on any atom is 0.0776 e. The zero-order valence-corrected chi connectivity index (χ0v) is 24.6. The summed E-state index contributed by atoms with van der Waals surface area (Å²) in [5.41, 5.74) is 3.79. The standard InChI is InChI=1S/C28H40N2P2Si/c1-27(2,3)32(28(4,5)6)24-20-23(33(7,8)9)17-16-22(24)21-31(25-14-10-12-18-29-25)26-15-11-13-19-30-26/h10-20H,21H2,1-9H3. The van der Waals surface area contributed by atoms with Crippen molar-refractivity contribution >= 4 is 45.3 Å². The van der Waals surface area contributed by atoms with Crippen molar-refractivity contribution in [3.8, 4) is 0 Å². The second kappa shape index (κ2) is 10.1. The van der Waals surface area contributed by atoms with E-state index in [1.54, 1.807) is 10.5 Å². The molecule has 3 rings (SSSR count). The van der Waals surface area contributed by atoms with Crippen LogP contribution in [0.3, 0.4) is 0 Å². The van der Waals surface area contributed by atoms with Gasteiger partial charge in [0, 0.05) is 26.5 Å². The summed E-state index contributed by atoms with van der Waals surface area (Å²) in [5, 5.41) is 3.59. The Morgan fingerprint density at radius 3 is 1.64 bits per heavy atom. The fourth-order valence-corrected chi connectivity index (χ4v) is 12.3. The summed E-state index contributed by atoms with van der Waals surface area (Å²) in [6.45, 7) is 21.9. The Morgan fingerprint density at radius 1 is 0.727 bits per heavy atom. The van der Waals surface area contributed by atoms with Crippen molar-refractivity contribution in [2.24, 2.45) is 0 Å². The SMILES string of the molecule is CC(C)(C)P(c1cc([Si](C)(C)C)ccc1CP(c1ccccn1)c1ccccn1)C(C)(C)C. The normalized spacial score (nSPS) is 13.1. The molecule has 0 N–H and O–H groups in total. The molecule has 0 atom stereocenters. The van der Waals surface area contributed by atoms with Gasteiger partial charge in [0.05, 0.1) is 18.9 Å². The predicted octanol–water partition coefficient (Wildman–Crippen LogP) is 6.36. The molecule has 0 fully saturated rings. The minimum atomic E-state index is -1.43. The molecule has 0 aliphatic heterocycles. The summed E-state index contributed by atoms with van der Waals surface area (Å²) in [5.74, 6) is 0. The maximum atomic E-state index is 4.78. The Balaban J connectivity index is 2.20. The van der Waals surface area contributed by atoms with E-state index in [-0.39, 0.29) is 10.3 Å². The largest absolute Gasteiger partial charge is 0.256 e. The number of hydrogen-bond donors (Lipinski definition) is 0. The average molecular weight is 495 g/mol. The van der Waals surface area contributed by atoms with Crippen LogP contribution in [0, 0.1) is 0 Å². The molecule has 5 heteroatoms. The van der Waals surface area contributed by atoms with E-state index in [4.69, 9.17) is 9.97 Å².